The third-order valence-corrected chi connectivity index (χ3v) is 3.98. The fourth-order valence-corrected chi connectivity index (χ4v) is 2.47. The standard InChI is InChI=1S/C18H17BrF2N2O2/c1-11(2)12-6-7-16(14(19)8-12)25-10-17(24)23-22-9-13-4-3-5-15(20)18(13)21/h3-9,11H,10H2,1-2H3,(H,23,24). The van der Waals surface area contributed by atoms with Crippen molar-refractivity contribution in [3.8, 4) is 5.75 Å². The number of nitrogens with zero attached hydrogens (tertiary/aromatic N) is 1. The van der Waals surface area contributed by atoms with Crippen molar-refractivity contribution in [3.63, 3.8) is 0 Å². The van der Waals surface area contributed by atoms with Gasteiger partial charge in [-0.25, -0.2) is 14.2 Å². The molecule has 25 heavy (non-hydrogen) atoms. The van der Waals surface area contributed by atoms with Gasteiger partial charge in [-0.1, -0.05) is 32.0 Å². The number of nitrogens with one attached hydrogen (secondary N) is 1. The van der Waals surface area contributed by atoms with Gasteiger partial charge in [0.15, 0.2) is 18.2 Å². The van der Waals surface area contributed by atoms with Crippen LogP contribution in [0.3, 0.4) is 0 Å². The van der Waals surface area contributed by atoms with Gasteiger partial charge in [-0.3, -0.25) is 4.79 Å². The highest BCUT2D eigenvalue weighted by molar-refractivity contribution is 9.10. The molecule has 2 aromatic rings. The van der Waals surface area contributed by atoms with E-state index in [1.165, 1.54) is 12.1 Å². The van der Waals surface area contributed by atoms with Crippen LogP contribution in [0.4, 0.5) is 8.78 Å². The van der Waals surface area contributed by atoms with Crippen molar-refractivity contribution in [1.82, 2.24) is 5.43 Å². The lowest BCUT2D eigenvalue weighted by atomic mass is 10.0. The number of hydrogen-bond donors (Lipinski definition) is 1. The van der Waals surface area contributed by atoms with Crippen LogP contribution in [0.1, 0.15) is 30.9 Å². The molecule has 0 saturated heterocycles. The molecule has 0 aliphatic carbocycles. The predicted molar refractivity (Wildman–Crippen MR) is 95.8 cm³/mol. The third-order valence-electron chi connectivity index (χ3n) is 3.36. The first-order valence-corrected chi connectivity index (χ1v) is 8.36. The Labute approximate surface area is 153 Å². The first-order valence-electron chi connectivity index (χ1n) is 7.56. The molecular weight excluding hydrogens is 394 g/mol. The van der Waals surface area contributed by atoms with Crippen molar-refractivity contribution in [3.05, 3.63) is 63.6 Å². The molecule has 0 aliphatic heterocycles. The molecule has 2 aromatic carbocycles. The zero-order valence-corrected chi connectivity index (χ0v) is 15.3. The van der Waals surface area contributed by atoms with Crippen molar-refractivity contribution >= 4 is 28.1 Å². The van der Waals surface area contributed by atoms with Gasteiger partial charge in [0.2, 0.25) is 0 Å². The molecule has 4 nitrogen and oxygen atoms in total. The van der Waals surface area contributed by atoms with Crippen LogP contribution in [-0.4, -0.2) is 18.7 Å². The van der Waals surface area contributed by atoms with E-state index in [1.807, 2.05) is 12.1 Å². The van der Waals surface area contributed by atoms with Crippen LogP contribution in [0, 0.1) is 11.6 Å². The smallest absolute Gasteiger partial charge is 0.277 e. The van der Waals surface area contributed by atoms with Crippen molar-refractivity contribution in [1.29, 1.82) is 0 Å². The first kappa shape index (κ1) is 19.1. The summed E-state index contributed by atoms with van der Waals surface area (Å²) in [4.78, 5) is 11.7. The molecule has 7 heteroatoms. The van der Waals surface area contributed by atoms with E-state index in [1.54, 1.807) is 6.07 Å². The second kappa shape index (κ2) is 8.71. The molecule has 0 saturated carbocycles. The molecule has 0 fully saturated rings. The fraction of sp³-hybridized carbons (Fsp3) is 0.222. The summed E-state index contributed by atoms with van der Waals surface area (Å²) in [5.41, 5.74) is 3.28. The van der Waals surface area contributed by atoms with Crippen LogP contribution in [0.25, 0.3) is 0 Å². The maximum atomic E-state index is 13.4. The molecule has 0 unspecified atom stereocenters. The highest BCUT2D eigenvalue weighted by atomic mass is 79.9. The normalized spacial score (nSPS) is 11.1. The van der Waals surface area contributed by atoms with Crippen molar-refractivity contribution < 1.29 is 18.3 Å². The number of rotatable bonds is 6. The monoisotopic (exact) mass is 410 g/mol. The van der Waals surface area contributed by atoms with Crippen LogP contribution >= 0.6 is 15.9 Å². The SMILES string of the molecule is CC(C)c1ccc(OCC(=O)NN=Cc2cccc(F)c2F)c(Br)c1. The van der Waals surface area contributed by atoms with Gasteiger partial charge in [-0.2, -0.15) is 5.10 Å². The molecule has 0 aliphatic rings. The second-order valence-electron chi connectivity index (χ2n) is 5.57. The Morgan fingerprint density at radius 1 is 1.32 bits per heavy atom. The number of halogens is 3. The van der Waals surface area contributed by atoms with Gasteiger partial charge in [0.25, 0.3) is 5.91 Å². The molecule has 0 heterocycles. The molecule has 0 radical (unpaired) electrons. The van der Waals surface area contributed by atoms with E-state index in [0.717, 1.165) is 22.3 Å². The maximum Gasteiger partial charge on any atom is 0.277 e. The number of carbonyl (C=O) groups is 1. The van der Waals surface area contributed by atoms with Gasteiger partial charge in [0.05, 0.1) is 10.7 Å². The van der Waals surface area contributed by atoms with Gasteiger partial charge in [-0.05, 0) is 45.6 Å². The lowest BCUT2D eigenvalue weighted by molar-refractivity contribution is -0.123. The minimum Gasteiger partial charge on any atom is -0.483 e. The zero-order chi connectivity index (χ0) is 18.4. The average molecular weight is 411 g/mol. The number of amides is 1. The Balaban J connectivity index is 1.89. The summed E-state index contributed by atoms with van der Waals surface area (Å²) >= 11 is 3.40. The second-order valence-corrected chi connectivity index (χ2v) is 6.42. The summed E-state index contributed by atoms with van der Waals surface area (Å²) in [6, 6.07) is 9.33. The van der Waals surface area contributed by atoms with Crippen LogP contribution in [0.2, 0.25) is 0 Å². The largest absolute Gasteiger partial charge is 0.483 e. The first-order chi connectivity index (χ1) is 11.9. The van der Waals surface area contributed by atoms with Crippen molar-refractivity contribution in [2.45, 2.75) is 19.8 Å². The minimum absolute atomic E-state index is 0.0618. The summed E-state index contributed by atoms with van der Waals surface area (Å²) in [5, 5.41) is 3.59. The molecule has 2 rings (SSSR count). The van der Waals surface area contributed by atoms with E-state index in [-0.39, 0.29) is 12.2 Å². The zero-order valence-electron chi connectivity index (χ0n) is 13.7. The Morgan fingerprint density at radius 3 is 2.76 bits per heavy atom. The Morgan fingerprint density at radius 2 is 2.08 bits per heavy atom. The van der Waals surface area contributed by atoms with Gasteiger partial charge in [-0.15, -0.1) is 0 Å². The number of benzene rings is 2. The van der Waals surface area contributed by atoms with E-state index in [0.29, 0.717) is 11.7 Å². The van der Waals surface area contributed by atoms with Gasteiger partial charge >= 0.3 is 0 Å². The number of ether oxygens (including phenoxy) is 1. The number of carbonyl (C=O) groups excluding carboxylic acids is 1. The maximum absolute atomic E-state index is 13.4. The summed E-state index contributed by atoms with van der Waals surface area (Å²) in [6.07, 6.45) is 1.03. The molecule has 0 atom stereocenters. The topological polar surface area (TPSA) is 50.7 Å². The van der Waals surface area contributed by atoms with E-state index in [4.69, 9.17) is 4.74 Å². The molecule has 0 spiro atoms. The van der Waals surface area contributed by atoms with Crippen molar-refractivity contribution in [2.75, 3.05) is 6.61 Å². The molecule has 0 bridgehead atoms. The van der Waals surface area contributed by atoms with E-state index >= 15 is 0 Å². The average Bonchev–Trinajstić information content (AvgIpc) is 2.57. The highest BCUT2D eigenvalue weighted by Gasteiger charge is 2.08. The minimum atomic E-state index is -1.02. The summed E-state index contributed by atoms with van der Waals surface area (Å²) in [5.74, 6) is -1.61. The highest BCUT2D eigenvalue weighted by Crippen LogP contribution is 2.28. The van der Waals surface area contributed by atoms with E-state index in [2.05, 4.69) is 40.3 Å². The fourth-order valence-electron chi connectivity index (χ4n) is 1.96. The summed E-state index contributed by atoms with van der Waals surface area (Å²) < 4.78 is 32.6. The third kappa shape index (κ3) is 5.35. The Kier molecular flexibility index (Phi) is 6.64. The quantitative estimate of drug-likeness (QED) is 0.567. The predicted octanol–water partition coefficient (Wildman–Crippen LogP) is 4.38. The van der Waals surface area contributed by atoms with Crippen LogP contribution in [0.15, 0.2) is 46.0 Å². The lowest BCUT2D eigenvalue weighted by Crippen LogP contribution is -2.24. The summed E-state index contributed by atoms with van der Waals surface area (Å²) in [6.45, 7) is 3.90. The molecule has 132 valence electrons. The lowest BCUT2D eigenvalue weighted by Gasteiger charge is -2.10. The Bertz CT molecular complexity index is 795. The van der Waals surface area contributed by atoms with E-state index in [9.17, 15) is 13.6 Å². The van der Waals surface area contributed by atoms with Crippen LogP contribution in [-0.2, 0) is 4.79 Å². The number of hydrazone groups is 1. The van der Waals surface area contributed by atoms with Gasteiger partial charge in [0.1, 0.15) is 5.75 Å². The summed E-state index contributed by atoms with van der Waals surface area (Å²) in [7, 11) is 0. The van der Waals surface area contributed by atoms with Gasteiger partial charge in [0, 0.05) is 5.56 Å². The molecular formula is C18H17BrF2N2O2. The number of hydrogen-bond acceptors (Lipinski definition) is 3. The molecule has 1 amide bonds. The van der Waals surface area contributed by atoms with E-state index < -0.39 is 17.5 Å². The van der Waals surface area contributed by atoms with Gasteiger partial charge < -0.3 is 4.74 Å². The molecule has 1 N–H and O–H groups in total. The van der Waals surface area contributed by atoms with Crippen LogP contribution < -0.4 is 10.2 Å². The molecule has 0 aromatic heterocycles. The van der Waals surface area contributed by atoms with Crippen LogP contribution in [0.5, 0.6) is 5.75 Å². The Hall–Kier alpha value is -2.28. The van der Waals surface area contributed by atoms with Crippen molar-refractivity contribution in [2.24, 2.45) is 5.10 Å².